The smallest absolute Gasteiger partial charge is 0.343 e. The summed E-state index contributed by atoms with van der Waals surface area (Å²) in [5.41, 5.74) is 6.32. The monoisotopic (exact) mass is 770 g/mol. The predicted molar refractivity (Wildman–Crippen MR) is 205 cm³/mol. The van der Waals surface area contributed by atoms with Gasteiger partial charge in [-0.1, -0.05) is 0 Å². The topological polar surface area (TPSA) is 191 Å². The molecule has 16 heteroatoms. The van der Waals surface area contributed by atoms with Crippen molar-refractivity contribution in [2.45, 2.75) is 26.7 Å². The number of amides is 2. The normalized spacial score (nSPS) is 10.8. The third-order valence-electron chi connectivity index (χ3n) is 7.56. The first-order chi connectivity index (χ1) is 27.1. The molecule has 4 aromatic rings. The molecule has 0 spiro atoms. The number of carbonyl (C=O) groups is 4. The fourth-order valence-electron chi connectivity index (χ4n) is 4.86. The van der Waals surface area contributed by atoms with Gasteiger partial charge in [0, 0.05) is 12.8 Å². The van der Waals surface area contributed by atoms with E-state index in [4.69, 9.17) is 37.9 Å². The van der Waals surface area contributed by atoms with Crippen molar-refractivity contribution in [3.63, 3.8) is 0 Å². The molecule has 0 unspecified atom stereocenters. The van der Waals surface area contributed by atoms with E-state index in [0.29, 0.717) is 47.3 Å². The number of rotatable bonds is 19. The van der Waals surface area contributed by atoms with Gasteiger partial charge in [0.25, 0.3) is 0 Å². The molecule has 0 heterocycles. The molecule has 0 fully saturated rings. The molecule has 56 heavy (non-hydrogen) atoms. The van der Waals surface area contributed by atoms with Crippen molar-refractivity contribution in [3.05, 3.63) is 95.1 Å². The fraction of sp³-hybridized carbons (Fsp3) is 0.250. The molecule has 16 nitrogen and oxygen atoms in total. The molecule has 0 atom stereocenters. The summed E-state index contributed by atoms with van der Waals surface area (Å²) in [7, 11) is 5.92. The van der Waals surface area contributed by atoms with E-state index in [2.05, 4.69) is 21.1 Å². The highest BCUT2D eigenvalue weighted by atomic mass is 16.6. The Morgan fingerprint density at radius 2 is 0.875 bits per heavy atom. The maximum Gasteiger partial charge on any atom is 0.343 e. The molecule has 2 amide bonds. The number of carbonyl (C=O) groups excluding carboxylic acids is 4. The van der Waals surface area contributed by atoms with Crippen molar-refractivity contribution in [3.8, 4) is 46.0 Å². The predicted octanol–water partition coefficient (Wildman–Crippen LogP) is 5.34. The quantitative estimate of drug-likeness (QED) is 0.0540. The van der Waals surface area contributed by atoms with E-state index < -0.39 is 23.8 Å². The molecule has 4 rings (SSSR count). The van der Waals surface area contributed by atoms with Crippen LogP contribution < -0.4 is 48.7 Å². The van der Waals surface area contributed by atoms with Gasteiger partial charge in [-0.25, -0.2) is 20.4 Å². The molecule has 0 saturated carbocycles. The molecule has 0 aromatic heterocycles. The number of nitrogens with one attached hydrogen (secondary N) is 2. The minimum absolute atomic E-state index is 0.164. The van der Waals surface area contributed by atoms with Crippen molar-refractivity contribution in [2.75, 3.05) is 41.7 Å². The lowest BCUT2D eigenvalue weighted by molar-refractivity contribution is -0.126. The van der Waals surface area contributed by atoms with Crippen LogP contribution in [0.25, 0.3) is 0 Å². The number of esters is 2. The number of methoxy groups -OCH3 is 4. The van der Waals surface area contributed by atoms with Crippen molar-refractivity contribution >= 4 is 36.2 Å². The SMILES string of the molecule is CCOc1cc(/C=N/NC(=O)CCC(=O)N/N=C/c2ccc(OC(=O)c3ccc(OC)c(OC)c3)c(OCC)c2)ccc1OC(=O)c1ccc(OC)c(OC)c1. The van der Waals surface area contributed by atoms with Gasteiger partial charge in [0.15, 0.2) is 46.0 Å². The molecule has 0 aliphatic heterocycles. The van der Waals surface area contributed by atoms with E-state index in [1.165, 1.54) is 53.0 Å². The molecule has 0 bridgehead atoms. The lowest BCUT2D eigenvalue weighted by atomic mass is 10.2. The zero-order chi connectivity index (χ0) is 40.5. The zero-order valence-corrected chi connectivity index (χ0v) is 31.7. The summed E-state index contributed by atoms with van der Waals surface area (Å²) in [5.74, 6) is 0.344. The van der Waals surface area contributed by atoms with E-state index in [0.717, 1.165) is 0 Å². The highest BCUT2D eigenvalue weighted by molar-refractivity contribution is 5.93. The minimum atomic E-state index is -0.631. The standard InChI is InChI=1S/C40H42N4O12/c1-7-53-35-19-25(9-13-31(35)55-39(47)27-11-15-29(49-3)33(21-27)51-5)23-41-43-37(45)17-18-38(46)44-42-24-26-10-14-32(36(20-26)54-8-2)56-40(48)28-12-16-30(50-4)34(22-28)52-6/h9-16,19-24H,7-8,17-18H2,1-6H3,(H,43,45)(H,44,46)/b41-23+,42-24+. The van der Waals surface area contributed by atoms with Gasteiger partial charge >= 0.3 is 11.9 Å². The second-order valence-electron chi connectivity index (χ2n) is 11.3. The van der Waals surface area contributed by atoms with Gasteiger partial charge in [-0.2, -0.15) is 10.2 Å². The maximum absolute atomic E-state index is 12.8. The van der Waals surface area contributed by atoms with Crippen LogP contribution in [0, 0.1) is 0 Å². The van der Waals surface area contributed by atoms with Crippen LogP contribution in [0.3, 0.4) is 0 Å². The molecule has 4 aromatic carbocycles. The van der Waals surface area contributed by atoms with Gasteiger partial charge in [-0.05, 0) is 97.8 Å². The number of ether oxygens (including phenoxy) is 8. The van der Waals surface area contributed by atoms with Crippen LogP contribution in [-0.4, -0.2) is 77.8 Å². The lowest BCUT2D eigenvalue weighted by Gasteiger charge is -2.12. The summed E-state index contributed by atoms with van der Waals surface area (Å²) in [4.78, 5) is 50.4. The van der Waals surface area contributed by atoms with E-state index in [1.54, 1.807) is 74.5 Å². The van der Waals surface area contributed by atoms with Crippen LogP contribution in [0.4, 0.5) is 0 Å². The van der Waals surface area contributed by atoms with Gasteiger partial charge in [0.05, 0.1) is 65.2 Å². The lowest BCUT2D eigenvalue weighted by Crippen LogP contribution is -2.22. The third kappa shape index (κ3) is 11.7. The van der Waals surface area contributed by atoms with Crippen molar-refractivity contribution < 1.29 is 57.1 Å². The molecule has 0 aliphatic rings. The van der Waals surface area contributed by atoms with Crippen LogP contribution in [0.1, 0.15) is 58.5 Å². The number of hydrogen-bond acceptors (Lipinski definition) is 14. The van der Waals surface area contributed by atoms with E-state index in [-0.39, 0.29) is 47.0 Å². The molecular formula is C40H42N4O12. The van der Waals surface area contributed by atoms with Gasteiger partial charge in [0.2, 0.25) is 11.8 Å². The second kappa shape index (κ2) is 21.0. The Balaban J connectivity index is 1.26. The van der Waals surface area contributed by atoms with E-state index in [9.17, 15) is 19.2 Å². The highest BCUT2D eigenvalue weighted by Gasteiger charge is 2.18. The van der Waals surface area contributed by atoms with Crippen LogP contribution in [0.5, 0.6) is 46.0 Å². The molecule has 294 valence electrons. The molecular weight excluding hydrogens is 728 g/mol. The molecule has 0 radical (unpaired) electrons. The molecule has 0 aliphatic carbocycles. The summed E-state index contributed by atoms with van der Waals surface area (Å²) >= 11 is 0. The van der Waals surface area contributed by atoms with Gasteiger partial charge in [-0.3, -0.25) is 9.59 Å². The van der Waals surface area contributed by atoms with E-state index in [1.807, 2.05) is 0 Å². The Labute approximate surface area is 323 Å². The van der Waals surface area contributed by atoms with Gasteiger partial charge in [-0.15, -0.1) is 0 Å². The van der Waals surface area contributed by atoms with E-state index >= 15 is 0 Å². The zero-order valence-electron chi connectivity index (χ0n) is 31.7. The van der Waals surface area contributed by atoms with Crippen LogP contribution in [-0.2, 0) is 9.59 Å². The first-order valence-corrected chi connectivity index (χ1v) is 17.2. The minimum Gasteiger partial charge on any atom is -0.493 e. The Morgan fingerprint density at radius 1 is 0.500 bits per heavy atom. The number of hydrogen-bond donors (Lipinski definition) is 2. The van der Waals surface area contributed by atoms with Crippen molar-refractivity contribution in [1.29, 1.82) is 0 Å². The Kier molecular flexibility index (Phi) is 15.6. The van der Waals surface area contributed by atoms with Crippen LogP contribution >= 0.6 is 0 Å². The summed E-state index contributed by atoms with van der Waals surface area (Å²) in [5, 5.41) is 7.90. The summed E-state index contributed by atoms with van der Waals surface area (Å²) in [6.45, 7) is 4.15. The summed E-state index contributed by atoms with van der Waals surface area (Å²) in [6, 6.07) is 18.8. The Morgan fingerprint density at radius 3 is 1.23 bits per heavy atom. The van der Waals surface area contributed by atoms with Crippen LogP contribution in [0.15, 0.2) is 83.0 Å². The van der Waals surface area contributed by atoms with Crippen LogP contribution in [0.2, 0.25) is 0 Å². The maximum atomic E-state index is 12.8. The highest BCUT2D eigenvalue weighted by Crippen LogP contribution is 2.33. The third-order valence-corrected chi connectivity index (χ3v) is 7.56. The van der Waals surface area contributed by atoms with Crippen molar-refractivity contribution in [2.24, 2.45) is 10.2 Å². The largest absolute Gasteiger partial charge is 0.493 e. The first kappa shape index (κ1) is 41.7. The first-order valence-electron chi connectivity index (χ1n) is 17.2. The second-order valence-corrected chi connectivity index (χ2v) is 11.3. The number of nitrogens with zero attached hydrogens (tertiary/aromatic N) is 2. The summed E-state index contributed by atoms with van der Waals surface area (Å²) < 4.78 is 43.4. The molecule has 0 saturated heterocycles. The Hall–Kier alpha value is -7.10. The summed E-state index contributed by atoms with van der Waals surface area (Å²) in [6.07, 6.45) is 2.43. The Bertz CT molecular complexity index is 1940. The van der Waals surface area contributed by atoms with Gasteiger partial charge in [0.1, 0.15) is 0 Å². The fourth-order valence-corrected chi connectivity index (χ4v) is 4.86. The van der Waals surface area contributed by atoms with Crippen molar-refractivity contribution in [1.82, 2.24) is 10.9 Å². The number of benzene rings is 4. The average molecular weight is 771 g/mol. The number of hydrazone groups is 2. The molecule has 2 N–H and O–H groups in total. The van der Waals surface area contributed by atoms with Gasteiger partial charge < -0.3 is 37.9 Å². The average Bonchev–Trinajstić information content (AvgIpc) is 3.21.